The molecule has 0 saturated heterocycles. The minimum absolute atomic E-state index is 0.794. The lowest BCUT2D eigenvalue weighted by atomic mass is 10.3. The van der Waals surface area contributed by atoms with Crippen LogP contribution in [0.1, 0.15) is 19.8 Å². The topological polar surface area (TPSA) is 47.3 Å². The number of hydrogen-bond donors (Lipinski definition) is 1. The van der Waals surface area contributed by atoms with Crippen LogP contribution in [0, 0.1) is 0 Å². The van der Waals surface area contributed by atoms with Crippen molar-refractivity contribution in [2.24, 2.45) is 0 Å². The van der Waals surface area contributed by atoms with Crippen LogP contribution >= 0.6 is 0 Å². The van der Waals surface area contributed by atoms with Crippen LogP contribution in [0.2, 0.25) is 0 Å². The Morgan fingerprint density at radius 1 is 1.35 bits per heavy atom. The number of rotatable bonds is 7. The van der Waals surface area contributed by atoms with Crippen molar-refractivity contribution in [2.75, 3.05) is 25.1 Å². The van der Waals surface area contributed by atoms with Crippen molar-refractivity contribution >= 4 is 16.8 Å². The Labute approximate surface area is 101 Å². The minimum Gasteiger partial charge on any atom is -0.464 e. The average molecular weight is 234 g/mol. The molecule has 2 rings (SSSR count). The maximum atomic E-state index is 5.41. The van der Waals surface area contributed by atoms with Crippen molar-refractivity contribution < 1.29 is 9.15 Å². The number of aromatic nitrogens is 1. The van der Waals surface area contributed by atoms with E-state index in [1.807, 2.05) is 12.1 Å². The Bertz CT molecular complexity index is 453. The number of nitrogens with zero attached hydrogens (tertiary/aromatic N) is 1. The highest BCUT2D eigenvalue weighted by Gasteiger charge is 2.03. The zero-order chi connectivity index (χ0) is 11.9. The molecular formula is C13H18N2O2. The summed E-state index contributed by atoms with van der Waals surface area (Å²) in [7, 11) is 0. The molecule has 0 radical (unpaired) electrons. The molecule has 2 aromatic heterocycles. The predicted molar refractivity (Wildman–Crippen MR) is 68.2 cm³/mol. The van der Waals surface area contributed by atoms with Gasteiger partial charge in [0.1, 0.15) is 11.4 Å². The molecule has 0 saturated carbocycles. The molecular weight excluding hydrogens is 216 g/mol. The molecule has 0 amide bonds. The third-order valence-electron chi connectivity index (χ3n) is 2.49. The van der Waals surface area contributed by atoms with Crippen LogP contribution in [0.3, 0.4) is 0 Å². The zero-order valence-electron chi connectivity index (χ0n) is 10.1. The highest BCUT2D eigenvalue weighted by Crippen LogP contribution is 2.21. The Hall–Kier alpha value is -1.55. The van der Waals surface area contributed by atoms with Gasteiger partial charge in [0.05, 0.1) is 11.6 Å². The minimum atomic E-state index is 0.794. The molecule has 0 unspecified atom stereocenters. The van der Waals surface area contributed by atoms with E-state index in [2.05, 4.69) is 17.2 Å². The standard InChI is InChI=1S/C13H18N2O2/c1-2-8-16-9-3-6-14-13-11-5-10-17-12(11)4-7-15-13/h4-5,7,10H,2-3,6,8-9H2,1H3,(H,14,15). The van der Waals surface area contributed by atoms with E-state index >= 15 is 0 Å². The molecule has 0 bridgehead atoms. The van der Waals surface area contributed by atoms with Crippen LogP contribution in [0.25, 0.3) is 11.0 Å². The number of fused-ring (bicyclic) bond motifs is 1. The molecule has 2 aromatic rings. The predicted octanol–water partition coefficient (Wildman–Crippen LogP) is 3.06. The van der Waals surface area contributed by atoms with Gasteiger partial charge in [-0.15, -0.1) is 0 Å². The quantitative estimate of drug-likeness (QED) is 0.748. The van der Waals surface area contributed by atoms with Crippen LogP contribution < -0.4 is 5.32 Å². The third kappa shape index (κ3) is 3.20. The van der Waals surface area contributed by atoms with Crippen molar-refractivity contribution in [3.05, 3.63) is 24.6 Å². The molecule has 0 aliphatic heterocycles. The van der Waals surface area contributed by atoms with Crippen LogP contribution in [0.4, 0.5) is 5.82 Å². The summed E-state index contributed by atoms with van der Waals surface area (Å²) in [5, 5.41) is 4.33. The number of ether oxygens (including phenoxy) is 1. The molecule has 0 aromatic carbocycles. The SMILES string of the molecule is CCCOCCCNc1nccc2occc12. The molecule has 92 valence electrons. The molecule has 2 heterocycles. The van der Waals surface area contributed by atoms with Gasteiger partial charge in [0.15, 0.2) is 0 Å². The van der Waals surface area contributed by atoms with Gasteiger partial charge in [-0.25, -0.2) is 4.98 Å². The van der Waals surface area contributed by atoms with E-state index in [-0.39, 0.29) is 0 Å². The van der Waals surface area contributed by atoms with Gasteiger partial charge >= 0.3 is 0 Å². The molecule has 17 heavy (non-hydrogen) atoms. The van der Waals surface area contributed by atoms with E-state index < -0.39 is 0 Å². The Balaban J connectivity index is 1.80. The van der Waals surface area contributed by atoms with E-state index in [4.69, 9.17) is 9.15 Å². The highest BCUT2D eigenvalue weighted by molar-refractivity contribution is 5.87. The first-order valence-corrected chi connectivity index (χ1v) is 6.05. The largest absolute Gasteiger partial charge is 0.464 e. The van der Waals surface area contributed by atoms with E-state index in [1.54, 1.807) is 12.5 Å². The lowest BCUT2D eigenvalue weighted by Gasteiger charge is -2.06. The first-order chi connectivity index (χ1) is 8.42. The lowest BCUT2D eigenvalue weighted by Crippen LogP contribution is -2.07. The second-order valence-electron chi connectivity index (χ2n) is 3.88. The van der Waals surface area contributed by atoms with Gasteiger partial charge in [-0.2, -0.15) is 0 Å². The van der Waals surface area contributed by atoms with Gasteiger partial charge in [-0.3, -0.25) is 0 Å². The third-order valence-corrected chi connectivity index (χ3v) is 2.49. The first-order valence-electron chi connectivity index (χ1n) is 6.05. The van der Waals surface area contributed by atoms with Crippen molar-refractivity contribution in [1.29, 1.82) is 0 Å². The molecule has 0 aliphatic carbocycles. The summed E-state index contributed by atoms with van der Waals surface area (Å²) in [5.41, 5.74) is 0.865. The molecule has 0 aliphatic rings. The summed E-state index contributed by atoms with van der Waals surface area (Å²) < 4.78 is 10.7. The molecule has 0 fully saturated rings. The summed E-state index contributed by atoms with van der Waals surface area (Å²) in [4.78, 5) is 4.30. The van der Waals surface area contributed by atoms with Crippen LogP contribution in [0.15, 0.2) is 29.0 Å². The first kappa shape index (κ1) is 11.9. The molecule has 0 atom stereocenters. The average Bonchev–Trinajstić information content (AvgIpc) is 2.82. The molecule has 0 spiro atoms. The Kier molecular flexibility index (Phi) is 4.38. The number of nitrogens with one attached hydrogen (secondary N) is 1. The van der Waals surface area contributed by atoms with Gasteiger partial charge < -0.3 is 14.5 Å². The monoisotopic (exact) mass is 234 g/mol. The van der Waals surface area contributed by atoms with Gasteiger partial charge in [-0.05, 0) is 25.0 Å². The van der Waals surface area contributed by atoms with Crippen molar-refractivity contribution in [2.45, 2.75) is 19.8 Å². The number of pyridine rings is 1. The molecule has 1 N–H and O–H groups in total. The van der Waals surface area contributed by atoms with Crippen molar-refractivity contribution in [3.63, 3.8) is 0 Å². The number of furan rings is 1. The molecule has 4 nitrogen and oxygen atoms in total. The smallest absolute Gasteiger partial charge is 0.139 e. The maximum absolute atomic E-state index is 5.41. The van der Waals surface area contributed by atoms with Gasteiger partial charge in [-0.1, -0.05) is 6.92 Å². The summed E-state index contributed by atoms with van der Waals surface area (Å²) >= 11 is 0. The normalized spacial score (nSPS) is 10.9. The van der Waals surface area contributed by atoms with E-state index in [1.165, 1.54) is 0 Å². The van der Waals surface area contributed by atoms with E-state index in [0.29, 0.717) is 0 Å². The second-order valence-corrected chi connectivity index (χ2v) is 3.88. The Morgan fingerprint density at radius 3 is 3.18 bits per heavy atom. The maximum Gasteiger partial charge on any atom is 0.139 e. The molecule has 4 heteroatoms. The zero-order valence-corrected chi connectivity index (χ0v) is 10.1. The summed E-state index contributed by atoms with van der Waals surface area (Å²) in [6.45, 7) is 4.61. The van der Waals surface area contributed by atoms with Crippen LogP contribution in [-0.2, 0) is 4.74 Å². The van der Waals surface area contributed by atoms with Gasteiger partial charge in [0.2, 0.25) is 0 Å². The van der Waals surface area contributed by atoms with Crippen LogP contribution in [0.5, 0.6) is 0 Å². The number of hydrogen-bond acceptors (Lipinski definition) is 4. The summed E-state index contributed by atoms with van der Waals surface area (Å²) in [6.07, 6.45) is 5.49. The fourth-order valence-electron chi connectivity index (χ4n) is 1.66. The highest BCUT2D eigenvalue weighted by atomic mass is 16.5. The fraction of sp³-hybridized carbons (Fsp3) is 0.462. The van der Waals surface area contributed by atoms with E-state index in [9.17, 15) is 0 Å². The van der Waals surface area contributed by atoms with Crippen molar-refractivity contribution in [1.82, 2.24) is 4.98 Å². The fourth-order valence-corrected chi connectivity index (χ4v) is 1.66. The Morgan fingerprint density at radius 2 is 2.29 bits per heavy atom. The summed E-state index contributed by atoms with van der Waals surface area (Å²) in [5.74, 6) is 0.881. The van der Waals surface area contributed by atoms with Crippen LogP contribution in [-0.4, -0.2) is 24.7 Å². The van der Waals surface area contributed by atoms with Crippen molar-refractivity contribution in [3.8, 4) is 0 Å². The van der Waals surface area contributed by atoms with Gasteiger partial charge in [0, 0.05) is 26.0 Å². The number of anilines is 1. The second kappa shape index (κ2) is 6.25. The lowest BCUT2D eigenvalue weighted by molar-refractivity contribution is 0.134. The van der Waals surface area contributed by atoms with Gasteiger partial charge in [0.25, 0.3) is 0 Å². The van der Waals surface area contributed by atoms with E-state index in [0.717, 1.165) is 49.4 Å². The summed E-state index contributed by atoms with van der Waals surface area (Å²) in [6, 6.07) is 3.79.